The van der Waals surface area contributed by atoms with E-state index in [2.05, 4.69) is 262 Å². The van der Waals surface area contributed by atoms with Crippen molar-refractivity contribution in [2.75, 3.05) is 0 Å². The van der Waals surface area contributed by atoms with E-state index in [1.807, 2.05) is 12.1 Å². The Balaban J connectivity index is 1.18. The first kappa shape index (κ1) is 44.4. The molecule has 0 aliphatic rings. The summed E-state index contributed by atoms with van der Waals surface area (Å²) in [6.45, 7) is 2.21. The van der Waals surface area contributed by atoms with Gasteiger partial charge in [0.05, 0.1) is 71.6 Å². The van der Waals surface area contributed by atoms with Gasteiger partial charge < -0.3 is 18.3 Å². The zero-order valence-electron chi connectivity index (χ0n) is 43.1. The highest BCUT2D eigenvalue weighted by Gasteiger charge is 2.35. The van der Waals surface area contributed by atoms with Crippen molar-refractivity contribution in [3.8, 4) is 46.0 Å². The van der Waals surface area contributed by atoms with Crippen LogP contribution in [0.3, 0.4) is 0 Å². The van der Waals surface area contributed by atoms with Crippen molar-refractivity contribution in [3.05, 3.63) is 253 Å². The molecule has 5 heterocycles. The molecule has 0 saturated heterocycles. The van der Waals surface area contributed by atoms with E-state index in [0.717, 1.165) is 109 Å². The summed E-state index contributed by atoms with van der Waals surface area (Å²) in [5, 5.41) is 38.5. The van der Waals surface area contributed by atoms with E-state index < -0.39 is 0 Å². The molecule has 370 valence electrons. The first-order chi connectivity index (χ1) is 39.6. The van der Waals surface area contributed by atoms with Crippen molar-refractivity contribution >= 4 is 130 Å². The van der Waals surface area contributed by atoms with Crippen LogP contribution >= 0.6 is 11.3 Å². The maximum absolute atomic E-state index is 12.7. The van der Waals surface area contributed by atoms with Gasteiger partial charge in [-0.2, -0.15) is 10.5 Å². The van der Waals surface area contributed by atoms with Crippen LogP contribution in [0, 0.1) is 29.6 Å². The minimum atomic E-state index is 0.376. The van der Waals surface area contributed by atoms with Crippen LogP contribution in [0.2, 0.25) is 0 Å². The van der Waals surface area contributed by atoms with Crippen molar-refractivity contribution in [1.29, 1.82) is 10.5 Å². The molecule has 0 aliphatic carbocycles. The van der Waals surface area contributed by atoms with Crippen molar-refractivity contribution in [2.45, 2.75) is 6.92 Å². The van der Waals surface area contributed by atoms with Crippen LogP contribution in [-0.2, 0) is 0 Å². The van der Waals surface area contributed by atoms with Crippen LogP contribution in [-0.4, -0.2) is 18.3 Å². The van der Waals surface area contributed by atoms with Gasteiger partial charge in [-0.1, -0.05) is 182 Å². The molecule has 0 aliphatic heterocycles. The molecule has 0 N–H and O–H groups in total. The number of rotatable bonds is 5. The van der Waals surface area contributed by atoms with Crippen LogP contribution in [0.1, 0.15) is 16.7 Å². The first-order valence-electron chi connectivity index (χ1n) is 27.0. The fourth-order valence-corrected chi connectivity index (χ4v) is 14.9. The van der Waals surface area contributed by atoms with Crippen molar-refractivity contribution < 1.29 is 0 Å². The first-order valence-corrected chi connectivity index (χ1v) is 27.8. The average molecular weight is 1040 g/mol. The monoisotopic (exact) mass is 1030 g/mol. The van der Waals surface area contributed by atoms with Gasteiger partial charge in [-0.3, -0.25) is 0 Å². The van der Waals surface area contributed by atoms with E-state index in [-0.39, 0.29) is 0 Å². The van der Waals surface area contributed by atoms with Crippen molar-refractivity contribution in [2.24, 2.45) is 0 Å². The van der Waals surface area contributed by atoms with Gasteiger partial charge in [0.1, 0.15) is 23.3 Å². The van der Waals surface area contributed by atoms with Crippen LogP contribution in [0.4, 0.5) is 0 Å². The lowest BCUT2D eigenvalue weighted by atomic mass is 9.93. The molecule has 0 fully saturated rings. The Morgan fingerprint density at radius 1 is 0.325 bits per heavy atom. The number of nitriles is 2. The Kier molecular flexibility index (Phi) is 9.25. The number of aryl methyl sites for hydroxylation is 1. The van der Waals surface area contributed by atoms with Crippen LogP contribution in [0.15, 0.2) is 237 Å². The fraction of sp³-hybridized carbons (Fsp3) is 0.0137. The molecule has 0 saturated carbocycles. The summed E-state index contributed by atoms with van der Waals surface area (Å²) in [6, 6.07) is 90.1. The summed E-state index contributed by atoms with van der Waals surface area (Å²) in [5.74, 6) is 0. The zero-order valence-corrected chi connectivity index (χ0v) is 43.9. The van der Waals surface area contributed by atoms with E-state index in [1.54, 1.807) is 11.3 Å². The second-order valence-electron chi connectivity index (χ2n) is 21.0. The molecular weight excluding hydrogens is 993 g/mol. The number of nitrogens with zero attached hydrogens (tertiary/aromatic N) is 6. The smallest absolute Gasteiger partial charge is 0.104 e. The second-order valence-corrected chi connectivity index (χ2v) is 22.0. The summed E-state index contributed by atoms with van der Waals surface area (Å²) in [5.41, 5.74) is 14.4. The van der Waals surface area contributed by atoms with Crippen LogP contribution in [0.25, 0.3) is 152 Å². The highest BCUT2D eigenvalue weighted by Crippen LogP contribution is 2.51. The minimum absolute atomic E-state index is 0.376. The van der Waals surface area contributed by atoms with E-state index in [4.69, 9.17) is 0 Å². The maximum Gasteiger partial charge on any atom is 0.104 e. The Labute approximate surface area is 461 Å². The molecule has 0 bridgehead atoms. The van der Waals surface area contributed by atoms with E-state index in [1.165, 1.54) is 32.0 Å². The Morgan fingerprint density at radius 3 is 1.24 bits per heavy atom. The normalized spacial score (nSPS) is 12.0. The van der Waals surface area contributed by atoms with E-state index in [0.29, 0.717) is 28.2 Å². The number of benzene rings is 12. The molecule has 6 nitrogen and oxygen atoms in total. The third kappa shape index (κ3) is 5.88. The Morgan fingerprint density at radius 2 is 0.738 bits per heavy atom. The van der Waals surface area contributed by atoms with Gasteiger partial charge >= 0.3 is 0 Å². The maximum atomic E-state index is 12.7. The lowest BCUT2D eigenvalue weighted by Gasteiger charge is -2.27. The standard InChI is InChI=1S/C73H42N6S/c1-43-34-35-44-18-2-3-19-46(44)67(43)45-36-39-65-56(40-45)54-37-38-55-53-26-10-17-33-66(53)80-73(55)71(54)79(65)72-69(77-61-29-13-6-22-49(61)50-23-7-14-30-62(50)77)57(41-74)68(76-59-27-11-4-20-47(59)48-21-5-12-28-60(48)76)58(42-75)70(72)78-63-31-15-8-24-51(63)52-25-9-16-32-64(52)78/h2-40H,1H3. The number of thiophene rings is 1. The third-order valence-corrected chi connectivity index (χ3v) is 18.1. The molecule has 17 rings (SSSR count). The van der Waals surface area contributed by atoms with Crippen molar-refractivity contribution in [1.82, 2.24) is 18.3 Å². The number of hydrogen-bond acceptors (Lipinski definition) is 3. The lowest BCUT2D eigenvalue weighted by Crippen LogP contribution is -2.17. The Bertz CT molecular complexity index is 5350. The van der Waals surface area contributed by atoms with Gasteiger partial charge in [0, 0.05) is 58.6 Å². The van der Waals surface area contributed by atoms with Crippen LogP contribution in [0.5, 0.6) is 0 Å². The summed E-state index contributed by atoms with van der Waals surface area (Å²) in [7, 11) is 0. The molecule has 12 aromatic carbocycles. The summed E-state index contributed by atoms with van der Waals surface area (Å²) in [4.78, 5) is 0. The quantitative estimate of drug-likeness (QED) is 0.172. The largest absolute Gasteiger partial charge is 0.306 e. The molecule has 7 heteroatoms. The minimum Gasteiger partial charge on any atom is -0.306 e. The molecule has 0 unspecified atom stereocenters. The van der Waals surface area contributed by atoms with Gasteiger partial charge in [0.25, 0.3) is 0 Å². The predicted molar refractivity (Wildman–Crippen MR) is 334 cm³/mol. The molecular formula is C73H42N6S. The number of hydrogen-bond donors (Lipinski definition) is 0. The summed E-state index contributed by atoms with van der Waals surface area (Å²) < 4.78 is 11.6. The molecule has 17 aromatic rings. The van der Waals surface area contributed by atoms with E-state index in [9.17, 15) is 10.5 Å². The lowest BCUT2D eigenvalue weighted by molar-refractivity contribution is 1.02. The summed E-state index contributed by atoms with van der Waals surface area (Å²) >= 11 is 1.79. The zero-order chi connectivity index (χ0) is 52.9. The predicted octanol–water partition coefficient (Wildman–Crippen LogP) is 19.3. The molecule has 0 amide bonds. The van der Waals surface area contributed by atoms with Crippen molar-refractivity contribution in [3.63, 3.8) is 0 Å². The molecule has 0 atom stereocenters. The van der Waals surface area contributed by atoms with Gasteiger partial charge in [0.15, 0.2) is 0 Å². The molecule has 80 heavy (non-hydrogen) atoms. The molecule has 5 aromatic heterocycles. The highest BCUT2D eigenvalue weighted by molar-refractivity contribution is 7.26. The van der Waals surface area contributed by atoms with Gasteiger partial charge in [-0.15, -0.1) is 11.3 Å². The highest BCUT2D eigenvalue weighted by atomic mass is 32.1. The molecule has 0 radical (unpaired) electrons. The van der Waals surface area contributed by atoms with Gasteiger partial charge in [-0.25, -0.2) is 0 Å². The Hall–Kier alpha value is -10.7. The topological polar surface area (TPSA) is 67.3 Å². The second kappa shape index (κ2) is 16.7. The number of aromatic nitrogens is 4. The third-order valence-electron chi connectivity index (χ3n) is 17.0. The van der Waals surface area contributed by atoms with Crippen LogP contribution < -0.4 is 0 Å². The average Bonchev–Trinajstić information content (AvgIpc) is 4.49. The van der Waals surface area contributed by atoms with Gasteiger partial charge in [-0.05, 0) is 89.0 Å². The summed E-state index contributed by atoms with van der Waals surface area (Å²) in [6.07, 6.45) is 0. The van der Waals surface area contributed by atoms with E-state index >= 15 is 0 Å². The molecule has 0 spiro atoms. The SMILES string of the molecule is Cc1ccc2ccccc2c1-c1ccc2c(c1)c1ccc3c4ccccc4sc3c1n2-c1c(-n2c3ccccc3c3ccccc32)c(C#N)c(-n2c3ccccc3c3ccccc32)c(C#N)c1-n1c2ccccc2c2ccccc21. The van der Waals surface area contributed by atoms with Gasteiger partial charge in [0.2, 0.25) is 0 Å². The number of para-hydroxylation sites is 6. The number of fused-ring (bicyclic) bond motifs is 17. The fourth-order valence-electron chi connectivity index (χ4n) is 13.7.